The van der Waals surface area contributed by atoms with Crippen LogP contribution in [-0.2, 0) is 13.5 Å². The van der Waals surface area contributed by atoms with Crippen molar-refractivity contribution in [1.82, 2.24) is 20.1 Å². The lowest BCUT2D eigenvalue weighted by molar-refractivity contribution is 0.429. The highest BCUT2D eigenvalue weighted by molar-refractivity contribution is 5.58. The van der Waals surface area contributed by atoms with Crippen molar-refractivity contribution >= 4 is 0 Å². The molecule has 0 spiro atoms. The number of aromatic nitrogens is 3. The van der Waals surface area contributed by atoms with Gasteiger partial charge in [-0.2, -0.15) is 5.10 Å². The molecule has 0 saturated carbocycles. The summed E-state index contributed by atoms with van der Waals surface area (Å²) in [6, 6.07) is 0.130. The maximum Gasteiger partial charge on any atom is 0.211 e. The van der Waals surface area contributed by atoms with Gasteiger partial charge in [-0.3, -0.25) is 4.68 Å². The topological polar surface area (TPSA) is 55.9 Å². The Labute approximate surface area is 107 Å². The monoisotopic (exact) mass is 248 g/mol. The molecule has 0 aliphatic carbocycles. The lowest BCUT2D eigenvalue weighted by Crippen LogP contribution is -2.17. The Morgan fingerprint density at radius 3 is 2.89 bits per heavy atom. The standard InChI is InChI=1S/C13H20N4O/c1-5-11-10(8-17(4)16-11)12-7-15-13(18-12)9(3)14-6-2/h7-9,14H,5-6H2,1-4H3. The molecule has 0 radical (unpaired) electrons. The van der Waals surface area contributed by atoms with Gasteiger partial charge in [-0.25, -0.2) is 4.98 Å². The Bertz CT molecular complexity index is 515. The second-order valence-electron chi connectivity index (χ2n) is 4.36. The Morgan fingerprint density at radius 1 is 1.44 bits per heavy atom. The van der Waals surface area contributed by atoms with Gasteiger partial charge in [0.05, 0.1) is 23.5 Å². The first-order valence-electron chi connectivity index (χ1n) is 6.37. The van der Waals surface area contributed by atoms with E-state index in [1.807, 2.05) is 24.9 Å². The van der Waals surface area contributed by atoms with E-state index in [9.17, 15) is 0 Å². The first-order valence-corrected chi connectivity index (χ1v) is 6.37. The van der Waals surface area contributed by atoms with Gasteiger partial charge in [0, 0.05) is 13.2 Å². The largest absolute Gasteiger partial charge is 0.439 e. The van der Waals surface area contributed by atoms with E-state index in [0.717, 1.165) is 35.9 Å². The third-order valence-electron chi connectivity index (χ3n) is 2.91. The molecule has 1 atom stereocenters. The average Bonchev–Trinajstić information content (AvgIpc) is 2.95. The fourth-order valence-corrected chi connectivity index (χ4v) is 2.01. The molecule has 0 fully saturated rings. The number of hydrogen-bond donors (Lipinski definition) is 1. The molecule has 0 aromatic carbocycles. The van der Waals surface area contributed by atoms with Crippen molar-refractivity contribution in [2.75, 3.05) is 6.54 Å². The molecule has 2 aromatic rings. The summed E-state index contributed by atoms with van der Waals surface area (Å²) in [7, 11) is 1.92. The molecular weight excluding hydrogens is 228 g/mol. The second kappa shape index (κ2) is 5.35. The summed E-state index contributed by atoms with van der Waals surface area (Å²) < 4.78 is 7.62. The number of oxazole rings is 1. The third-order valence-corrected chi connectivity index (χ3v) is 2.91. The molecule has 5 heteroatoms. The minimum atomic E-state index is 0.130. The molecule has 0 amide bonds. The third kappa shape index (κ3) is 2.46. The number of rotatable bonds is 5. The highest BCUT2D eigenvalue weighted by Gasteiger charge is 2.16. The minimum Gasteiger partial charge on any atom is -0.439 e. The van der Waals surface area contributed by atoms with Gasteiger partial charge in [0.1, 0.15) is 0 Å². The molecule has 0 bridgehead atoms. The predicted molar refractivity (Wildman–Crippen MR) is 70.2 cm³/mol. The van der Waals surface area contributed by atoms with Crippen LogP contribution in [0.2, 0.25) is 0 Å². The quantitative estimate of drug-likeness (QED) is 0.882. The first kappa shape index (κ1) is 12.8. The highest BCUT2D eigenvalue weighted by atomic mass is 16.4. The molecule has 2 rings (SSSR count). The van der Waals surface area contributed by atoms with Crippen molar-refractivity contribution in [3.05, 3.63) is 24.0 Å². The van der Waals surface area contributed by atoms with Crippen LogP contribution in [0.3, 0.4) is 0 Å². The van der Waals surface area contributed by atoms with E-state index < -0.39 is 0 Å². The van der Waals surface area contributed by atoms with Gasteiger partial charge in [0.15, 0.2) is 5.76 Å². The van der Waals surface area contributed by atoms with Crippen LogP contribution in [0.5, 0.6) is 0 Å². The Kier molecular flexibility index (Phi) is 3.81. The maximum absolute atomic E-state index is 5.81. The van der Waals surface area contributed by atoms with E-state index in [4.69, 9.17) is 4.42 Å². The average molecular weight is 248 g/mol. The molecule has 0 saturated heterocycles. The van der Waals surface area contributed by atoms with E-state index in [-0.39, 0.29) is 6.04 Å². The summed E-state index contributed by atoms with van der Waals surface area (Å²) >= 11 is 0. The van der Waals surface area contributed by atoms with Crippen molar-refractivity contribution in [2.45, 2.75) is 33.2 Å². The van der Waals surface area contributed by atoms with Crippen molar-refractivity contribution in [2.24, 2.45) is 7.05 Å². The van der Waals surface area contributed by atoms with Gasteiger partial charge >= 0.3 is 0 Å². The van der Waals surface area contributed by atoms with Crippen molar-refractivity contribution in [1.29, 1.82) is 0 Å². The summed E-state index contributed by atoms with van der Waals surface area (Å²) in [5, 5.41) is 7.69. The maximum atomic E-state index is 5.81. The number of aryl methyl sites for hydroxylation is 2. The molecular formula is C13H20N4O. The van der Waals surface area contributed by atoms with Crippen LogP contribution in [0.4, 0.5) is 0 Å². The Morgan fingerprint density at radius 2 is 2.22 bits per heavy atom. The molecule has 1 N–H and O–H groups in total. The van der Waals surface area contributed by atoms with E-state index in [2.05, 4.69) is 29.2 Å². The van der Waals surface area contributed by atoms with Crippen LogP contribution in [-0.4, -0.2) is 21.3 Å². The van der Waals surface area contributed by atoms with E-state index >= 15 is 0 Å². The van der Waals surface area contributed by atoms with Crippen LogP contribution in [0.25, 0.3) is 11.3 Å². The zero-order valence-electron chi connectivity index (χ0n) is 11.4. The normalized spacial score (nSPS) is 12.9. The fraction of sp³-hybridized carbons (Fsp3) is 0.538. The van der Waals surface area contributed by atoms with E-state index in [1.165, 1.54) is 0 Å². The van der Waals surface area contributed by atoms with Crippen LogP contribution < -0.4 is 5.32 Å². The smallest absolute Gasteiger partial charge is 0.211 e. The van der Waals surface area contributed by atoms with Crippen LogP contribution in [0.1, 0.15) is 38.4 Å². The number of hydrogen-bond acceptors (Lipinski definition) is 4. The van der Waals surface area contributed by atoms with Crippen molar-refractivity contribution in [3.63, 3.8) is 0 Å². The fourth-order valence-electron chi connectivity index (χ4n) is 2.01. The summed E-state index contributed by atoms with van der Waals surface area (Å²) in [6.45, 7) is 7.09. The van der Waals surface area contributed by atoms with Gasteiger partial charge in [0.25, 0.3) is 0 Å². The van der Waals surface area contributed by atoms with Crippen LogP contribution in [0, 0.1) is 0 Å². The van der Waals surface area contributed by atoms with Gasteiger partial charge < -0.3 is 9.73 Å². The Balaban J connectivity index is 2.28. The summed E-state index contributed by atoms with van der Waals surface area (Å²) in [4.78, 5) is 4.33. The van der Waals surface area contributed by atoms with E-state index in [1.54, 1.807) is 6.20 Å². The summed E-state index contributed by atoms with van der Waals surface area (Å²) in [5.41, 5.74) is 2.07. The molecule has 0 aliphatic rings. The van der Waals surface area contributed by atoms with Gasteiger partial charge in [-0.15, -0.1) is 0 Å². The summed E-state index contributed by atoms with van der Waals surface area (Å²) in [5.74, 6) is 1.51. The van der Waals surface area contributed by atoms with Crippen LogP contribution >= 0.6 is 0 Å². The van der Waals surface area contributed by atoms with Gasteiger partial charge in [-0.05, 0) is 19.9 Å². The zero-order valence-corrected chi connectivity index (χ0v) is 11.4. The Hall–Kier alpha value is -1.62. The van der Waals surface area contributed by atoms with Gasteiger partial charge in [0.2, 0.25) is 5.89 Å². The highest BCUT2D eigenvalue weighted by Crippen LogP contribution is 2.25. The lowest BCUT2D eigenvalue weighted by Gasteiger charge is -2.06. The number of nitrogens with one attached hydrogen (secondary N) is 1. The predicted octanol–water partition coefficient (Wildman–Crippen LogP) is 2.31. The number of nitrogens with zero attached hydrogens (tertiary/aromatic N) is 3. The molecule has 98 valence electrons. The lowest BCUT2D eigenvalue weighted by atomic mass is 10.2. The molecule has 0 aliphatic heterocycles. The zero-order chi connectivity index (χ0) is 13.1. The van der Waals surface area contributed by atoms with Gasteiger partial charge in [-0.1, -0.05) is 13.8 Å². The molecule has 2 aromatic heterocycles. The molecule has 5 nitrogen and oxygen atoms in total. The van der Waals surface area contributed by atoms with Crippen molar-refractivity contribution < 1.29 is 4.42 Å². The molecule has 18 heavy (non-hydrogen) atoms. The molecule has 2 heterocycles. The first-order chi connectivity index (χ1) is 8.65. The minimum absolute atomic E-state index is 0.130. The second-order valence-corrected chi connectivity index (χ2v) is 4.36. The van der Waals surface area contributed by atoms with Crippen molar-refractivity contribution in [3.8, 4) is 11.3 Å². The summed E-state index contributed by atoms with van der Waals surface area (Å²) in [6.07, 6.45) is 4.63. The molecule has 1 unspecified atom stereocenters. The van der Waals surface area contributed by atoms with Crippen LogP contribution in [0.15, 0.2) is 16.8 Å². The van der Waals surface area contributed by atoms with E-state index in [0.29, 0.717) is 0 Å². The SMILES string of the molecule is CCNC(C)c1ncc(-c2cn(C)nc2CC)o1.